The average molecular weight is 559 g/mol. The second-order valence-electron chi connectivity index (χ2n) is 9.33. The first-order valence-corrected chi connectivity index (χ1v) is 13.3. The minimum atomic E-state index is -1.63. The highest BCUT2D eigenvalue weighted by Gasteiger charge is 2.48. The molecule has 192 valence electrons. The van der Waals surface area contributed by atoms with Gasteiger partial charge in [-0.15, -0.1) is 0 Å². The summed E-state index contributed by atoms with van der Waals surface area (Å²) in [6.07, 6.45) is 2.43. The Labute approximate surface area is 231 Å². The van der Waals surface area contributed by atoms with E-state index >= 15 is 0 Å². The van der Waals surface area contributed by atoms with Crippen molar-refractivity contribution in [2.45, 2.75) is 29.1 Å². The molecule has 0 aromatic heterocycles. The minimum Gasteiger partial charge on any atom is -0.493 e. The van der Waals surface area contributed by atoms with Crippen molar-refractivity contribution in [3.05, 3.63) is 82.4 Å². The standard InChI is InChI=1S/C29H26Cl3NO4/c1-34-22-11-10-19-20(9-8-17-6-4-3-5-7-17)26-21-15-24-23(36-16-37-24)14-18(21)12-13-33(26)28(29(30,31)32)25(19)27(22)35-2/h3-7,10-11,14-15,28H,8-9,12-13,16H2,1-2H3/t28-/m1/s1. The molecule has 0 amide bonds. The molecule has 3 heterocycles. The van der Waals surface area contributed by atoms with Crippen LogP contribution in [0.5, 0.6) is 23.0 Å². The molecule has 0 spiro atoms. The van der Waals surface area contributed by atoms with Gasteiger partial charge >= 0.3 is 0 Å². The monoisotopic (exact) mass is 557 g/mol. The van der Waals surface area contributed by atoms with E-state index in [9.17, 15) is 0 Å². The van der Waals surface area contributed by atoms with Crippen LogP contribution in [0.4, 0.5) is 0 Å². The van der Waals surface area contributed by atoms with Crippen LogP contribution in [0.15, 0.2) is 54.6 Å². The van der Waals surface area contributed by atoms with Crippen molar-refractivity contribution < 1.29 is 18.9 Å². The molecule has 3 aliphatic heterocycles. The van der Waals surface area contributed by atoms with Crippen LogP contribution in [0.3, 0.4) is 0 Å². The van der Waals surface area contributed by atoms with Gasteiger partial charge in [0.1, 0.15) is 6.04 Å². The Morgan fingerprint density at radius 3 is 2.38 bits per heavy atom. The fourth-order valence-corrected chi connectivity index (χ4v) is 6.47. The number of benzene rings is 3. The molecule has 0 saturated heterocycles. The maximum absolute atomic E-state index is 6.75. The fourth-order valence-electron chi connectivity index (χ4n) is 5.79. The zero-order chi connectivity index (χ0) is 25.7. The molecule has 37 heavy (non-hydrogen) atoms. The number of halogens is 3. The highest BCUT2D eigenvalue weighted by molar-refractivity contribution is 6.68. The van der Waals surface area contributed by atoms with Crippen LogP contribution in [0.2, 0.25) is 0 Å². The van der Waals surface area contributed by atoms with Crippen LogP contribution >= 0.6 is 34.8 Å². The third kappa shape index (κ3) is 4.18. The summed E-state index contributed by atoms with van der Waals surface area (Å²) in [5.74, 6) is 2.70. The average Bonchev–Trinajstić information content (AvgIpc) is 3.36. The van der Waals surface area contributed by atoms with Gasteiger partial charge in [-0.1, -0.05) is 71.2 Å². The first kappa shape index (κ1) is 24.6. The summed E-state index contributed by atoms with van der Waals surface area (Å²) in [7, 11) is 3.25. The second-order valence-corrected chi connectivity index (χ2v) is 11.7. The van der Waals surface area contributed by atoms with Gasteiger partial charge in [-0.05, 0) is 59.7 Å². The SMILES string of the molecule is COc1ccc2c(c1OC)[C@H](C(Cl)(Cl)Cl)N1CCc3cc4c(cc3C1=C2CCc1ccccc1)OCO4. The highest BCUT2D eigenvalue weighted by Crippen LogP contribution is 2.58. The number of alkyl halides is 3. The lowest BCUT2D eigenvalue weighted by Gasteiger charge is -2.47. The van der Waals surface area contributed by atoms with Crippen molar-refractivity contribution in [1.29, 1.82) is 0 Å². The summed E-state index contributed by atoms with van der Waals surface area (Å²) in [5, 5.41) is 0. The summed E-state index contributed by atoms with van der Waals surface area (Å²) in [4.78, 5) is 2.22. The van der Waals surface area contributed by atoms with E-state index in [1.807, 2.05) is 12.1 Å². The summed E-state index contributed by atoms with van der Waals surface area (Å²) in [6.45, 7) is 0.896. The van der Waals surface area contributed by atoms with Crippen molar-refractivity contribution in [3.8, 4) is 23.0 Å². The number of hydrogen-bond acceptors (Lipinski definition) is 5. The summed E-state index contributed by atoms with van der Waals surface area (Å²) >= 11 is 20.3. The van der Waals surface area contributed by atoms with Gasteiger partial charge in [-0.25, -0.2) is 0 Å². The molecular weight excluding hydrogens is 533 g/mol. The Balaban J connectivity index is 1.62. The molecule has 3 aromatic rings. The van der Waals surface area contributed by atoms with Crippen molar-refractivity contribution in [2.75, 3.05) is 27.6 Å². The van der Waals surface area contributed by atoms with Crippen LogP contribution in [-0.2, 0) is 12.8 Å². The quantitative estimate of drug-likeness (QED) is 0.309. The summed E-state index contributed by atoms with van der Waals surface area (Å²) in [6, 6.07) is 18.0. The molecular formula is C29H26Cl3NO4. The van der Waals surface area contributed by atoms with Gasteiger partial charge in [0.2, 0.25) is 10.6 Å². The first-order valence-electron chi connectivity index (χ1n) is 12.2. The predicted octanol–water partition coefficient (Wildman–Crippen LogP) is 7.22. The van der Waals surface area contributed by atoms with Crippen LogP contribution < -0.4 is 18.9 Å². The van der Waals surface area contributed by atoms with Crippen LogP contribution in [0.1, 0.15) is 40.3 Å². The number of rotatable bonds is 5. The van der Waals surface area contributed by atoms with Crippen LogP contribution in [-0.4, -0.2) is 36.2 Å². The van der Waals surface area contributed by atoms with E-state index in [1.165, 1.54) is 16.7 Å². The molecule has 0 fully saturated rings. The number of allylic oxidation sites excluding steroid dienone is 1. The van der Waals surface area contributed by atoms with Gasteiger partial charge in [0.15, 0.2) is 23.0 Å². The summed E-state index contributed by atoms with van der Waals surface area (Å²) < 4.78 is 21.4. The van der Waals surface area contributed by atoms with E-state index in [1.54, 1.807) is 14.2 Å². The highest BCUT2D eigenvalue weighted by atomic mass is 35.6. The van der Waals surface area contributed by atoms with Crippen molar-refractivity contribution >= 4 is 46.1 Å². The molecule has 3 aliphatic rings. The lowest BCUT2D eigenvalue weighted by atomic mass is 9.80. The molecule has 0 unspecified atom stereocenters. The van der Waals surface area contributed by atoms with Crippen LogP contribution in [0.25, 0.3) is 11.3 Å². The lowest BCUT2D eigenvalue weighted by Crippen LogP contribution is -2.42. The van der Waals surface area contributed by atoms with Gasteiger partial charge in [0, 0.05) is 23.4 Å². The van der Waals surface area contributed by atoms with Crippen LogP contribution in [0, 0.1) is 0 Å². The fraction of sp³-hybridized carbons (Fsp3) is 0.310. The first-order chi connectivity index (χ1) is 17.9. The Kier molecular flexibility index (Phi) is 6.34. The number of nitrogens with zero attached hydrogens (tertiary/aromatic N) is 1. The van der Waals surface area contributed by atoms with E-state index in [0.29, 0.717) is 18.0 Å². The Morgan fingerprint density at radius 2 is 1.68 bits per heavy atom. The van der Waals surface area contributed by atoms with E-state index in [0.717, 1.165) is 53.1 Å². The topological polar surface area (TPSA) is 40.2 Å². The van der Waals surface area contributed by atoms with E-state index in [4.69, 9.17) is 53.8 Å². The van der Waals surface area contributed by atoms with E-state index in [2.05, 4.69) is 47.4 Å². The van der Waals surface area contributed by atoms with Gasteiger partial charge in [0.05, 0.1) is 14.2 Å². The molecule has 0 radical (unpaired) electrons. The van der Waals surface area contributed by atoms with Gasteiger partial charge in [0.25, 0.3) is 0 Å². The molecule has 5 nitrogen and oxygen atoms in total. The van der Waals surface area contributed by atoms with Gasteiger partial charge < -0.3 is 23.8 Å². The number of methoxy groups -OCH3 is 2. The second kappa shape index (κ2) is 9.54. The molecule has 0 saturated carbocycles. The van der Waals surface area contributed by atoms with Crippen molar-refractivity contribution in [2.24, 2.45) is 0 Å². The van der Waals surface area contributed by atoms with Crippen molar-refractivity contribution in [1.82, 2.24) is 4.90 Å². The Hall–Kier alpha value is -2.73. The molecule has 3 aromatic carbocycles. The van der Waals surface area contributed by atoms with E-state index < -0.39 is 9.83 Å². The lowest BCUT2D eigenvalue weighted by molar-refractivity contribution is 0.174. The Bertz CT molecular complexity index is 1380. The van der Waals surface area contributed by atoms with E-state index in [-0.39, 0.29) is 6.79 Å². The normalized spacial score (nSPS) is 17.8. The molecule has 0 aliphatic carbocycles. The molecule has 0 N–H and O–H groups in total. The zero-order valence-corrected chi connectivity index (χ0v) is 22.8. The van der Waals surface area contributed by atoms with Crippen molar-refractivity contribution in [3.63, 3.8) is 0 Å². The number of fused-ring (bicyclic) bond motifs is 5. The minimum absolute atomic E-state index is 0.221. The maximum atomic E-state index is 6.75. The molecule has 0 bridgehead atoms. The Morgan fingerprint density at radius 1 is 0.919 bits per heavy atom. The smallest absolute Gasteiger partial charge is 0.231 e. The third-order valence-corrected chi connectivity index (χ3v) is 7.98. The largest absolute Gasteiger partial charge is 0.493 e. The summed E-state index contributed by atoms with van der Waals surface area (Å²) in [5.41, 5.74) is 7.60. The predicted molar refractivity (Wildman–Crippen MR) is 147 cm³/mol. The number of hydrogen-bond donors (Lipinski definition) is 0. The van der Waals surface area contributed by atoms with Gasteiger partial charge in [-0.2, -0.15) is 0 Å². The maximum Gasteiger partial charge on any atom is 0.231 e. The number of ether oxygens (including phenoxy) is 4. The molecule has 6 rings (SSSR count). The molecule has 8 heteroatoms. The third-order valence-electron chi connectivity index (χ3n) is 7.36. The van der Waals surface area contributed by atoms with Gasteiger partial charge in [-0.3, -0.25) is 0 Å². The zero-order valence-electron chi connectivity index (χ0n) is 20.5. The molecule has 1 atom stereocenters. The number of aryl methyl sites for hydroxylation is 1.